The Kier molecular flexibility index (Phi) is 2.35. The van der Waals surface area contributed by atoms with Gasteiger partial charge in [-0.15, -0.1) is 0 Å². The van der Waals surface area contributed by atoms with E-state index >= 15 is 0 Å². The molecule has 3 saturated heterocycles. The third-order valence-electron chi connectivity index (χ3n) is 9.31. The fourth-order valence-electron chi connectivity index (χ4n) is 8.29. The van der Waals surface area contributed by atoms with Crippen LogP contribution in [-0.2, 0) is 14.3 Å². The van der Waals surface area contributed by atoms with Crippen LogP contribution in [0.4, 0.5) is 0 Å². The molecule has 24 heavy (non-hydrogen) atoms. The van der Waals surface area contributed by atoms with Crippen molar-refractivity contribution in [1.29, 1.82) is 0 Å². The first-order valence-corrected chi connectivity index (χ1v) is 9.68. The summed E-state index contributed by atoms with van der Waals surface area (Å²) in [6, 6.07) is 0. The van der Waals surface area contributed by atoms with E-state index in [2.05, 4.69) is 13.5 Å². The SMILES string of the molecule is C=C1C2CC[C@@]3(C4C[C@H]5[C@@]6(CCC[C@@]5(C)C(=O)OC6O4)[C@@H]3C2)C1O. The molecule has 1 N–H and O–H groups in total. The fraction of sp³-hybridized carbons (Fsp3) is 0.850. The highest BCUT2D eigenvalue weighted by Crippen LogP contribution is 2.77. The van der Waals surface area contributed by atoms with Crippen molar-refractivity contribution in [3.8, 4) is 0 Å². The Balaban J connectivity index is 1.57. The first-order valence-electron chi connectivity index (χ1n) is 9.68. The number of hydrogen-bond donors (Lipinski definition) is 1. The predicted molar refractivity (Wildman–Crippen MR) is 85.7 cm³/mol. The quantitative estimate of drug-likeness (QED) is 0.548. The van der Waals surface area contributed by atoms with E-state index in [0.717, 1.165) is 50.5 Å². The van der Waals surface area contributed by atoms with E-state index in [1.54, 1.807) is 0 Å². The molecule has 130 valence electrons. The summed E-state index contributed by atoms with van der Waals surface area (Å²) in [4.78, 5) is 12.7. The molecule has 7 bridgehead atoms. The maximum Gasteiger partial charge on any atom is 0.314 e. The molecule has 8 rings (SSSR count). The molecule has 9 atom stereocenters. The molecular weight excluding hydrogens is 304 g/mol. The average molecular weight is 330 g/mol. The molecule has 4 nitrogen and oxygen atoms in total. The molecular formula is C20H26O4. The summed E-state index contributed by atoms with van der Waals surface area (Å²) in [5.41, 5.74) is 0.430. The molecule has 0 amide bonds. The smallest absolute Gasteiger partial charge is 0.314 e. The van der Waals surface area contributed by atoms with Crippen LogP contribution >= 0.6 is 0 Å². The summed E-state index contributed by atoms with van der Waals surface area (Å²) in [7, 11) is 0. The van der Waals surface area contributed by atoms with Gasteiger partial charge in [0.1, 0.15) is 0 Å². The number of carbonyl (C=O) groups excluding carboxylic acids is 1. The molecule has 4 unspecified atom stereocenters. The standard InChI is InChI=1S/C20H26O4/c1-10-11-4-7-20(15(10)21)13(8-11)19-6-3-5-18(2)12(19)9-14(20)23-17(19)24-16(18)22/h11-15,17,21H,1,3-9H2,2H3/t11?,12-,13+,14?,15?,17?,18-,19+,20-/m1/s1. The van der Waals surface area contributed by atoms with Crippen LogP contribution in [0.5, 0.6) is 0 Å². The summed E-state index contributed by atoms with van der Waals surface area (Å²) >= 11 is 0. The molecule has 0 aromatic carbocycles. The Labute approximate surface area is 142 Å². The maximum atomic E-state index is 12.7. The fourth-order valence-corrected chi connectivity index (χ4v) is 8.29. The van der Waals surface area contributed by atoms with E-state index in [1.807, 2.05) is 0 Å². The molecule has 0 aromatic heterocycles. The molecule has 8 fully saturated rings. The first-order chi connectivity index (χ1) is 11.4. The molecule has 3 aliphatic heterocycles. The van der Waals surface area contributed by atoms with Crippen LogP contribution in [0.25, 0.3) is 0 Å². The Morgan fingerprint density at radius 3 is 2.83 bits per heavy atom. The van der Waals surface area contributed by atoms with Crippen molar-refractivity contribution >= 4 is 5.97 Å². The van der Waals surface area contributed by atoms with Gasteiger partial charge in [-0.2, -0.15) is 0 Å². The lowest BCUT2D eigenvalue weighted by Gasteiger charge is -2.77. The lowest BCUT2D eigenvalue weighted by molar-refractivity contribution is -0.416. The number of fused-ring (bicyclic) bond motifs is 2. The number of hydrogen-bond acceptors (Lipinski definition) is 4. The van der Waals surface area contributed by atoms with Crippen LogP contribution in [0, 0.1) is 34.0 Å². The van der Waals surface area contributed by atoms with Crippen molar-refractivity contribution in [2.24, 2.45) is 34.0 Å². The summed E-state index contributed by atoms with van der Waals surface area (Å²) in [5, 5.41) is 11.2. The Morgan fingerprint density at radius 1 is 1.17 bits per heavy atom. The van der Waals surface area contributed by atoms with Gasteiger partial charge in [0.15, 0.2) is 0 Å². The van der Waals surface area contributed by atoms with Gasteiger partial charge in [-0.3, -0.25) is 4.79 Å². The first kappa shape index (κ1) is 14.3. The van der Waals surface area contributed by atoms with Gasteiger partial charge >= 0.3 is 5.97 Å². The zero-order valence-electron chi connectivity index (χ0n) is 14.3. The third kappa shape index (κ3) is 1.18. The molecule has 2 spiro atoms. The molecule has 8 aliphatic rings. The largest absolute Gasteiger partial charge is 0.435 e. The molecule has 5 aliphatic carbocycles. The highest BCUT2D eigenvalue weighted by molar-refractivity contribution is 5.78. The van der Waals surface area contributed by atoms with Crippen molar-refractivity contribution in [3.05, 3.63) is 12.2 Å². The second kappa shape index (κ2) is 3.93. The minimum atomic E-state index is -0.443. The second-order valence-electron chi connectivity index (χ2n) is 9.65. The van der Waals surface area contributed by atoms with Crippen molar-refractivity contribution in [3.63, 3.8) is 0 Å². The van der Waals surface area contributed by atoms with Gasteiger partial charge in [-0.05, 0) is 68.8 Å². The van der Waals surface area contributed by atoms with Crippen LogP contribution in [0.1, 0.15) is 51.9 Å². The van der Waals surface area contributed by atoms with Crippen LogP contribution in [0.15, 0.2) is 12.2 Å². The van der Waals surface area contributed by atoms with E-state index < -0.39 is 6.10 Å². The topological polar surface area (TPSA) is 55.8 Å². The van der Waals surface area contributed by atoms with Gasteiger partial charge in [-0.1, -0.05) is 13.0 Å². The van der Waals surface area contributed by atoms with E-state index in [-0.39, 0.29) is 34.6 Å². The van der Waals surface area contributed by atoms with Gasteiger partial charge in [0.25, 0.3) is 0 Å². The summed E-state index contributed by atoms with van der Waals surface area (Å²) in [6.45, 7) is 6.36. The number of aliphatic hydroxyl groups excluding tert-OH is 1. The van der Waals surface area contributed by atoms with Crippen molar-refractivity contribution in [1.82, 2.24) is 0 Å². The number of carbonyl (C=O) groups is 1. The van der Waals surface area contributed by atoms with Gasteiger partial charge in [0, 0.05) is 10.8 Å². The van der Waals surface area contributed by atoms with E-state index in [1.165, 1.54) is 0 Å². The Morgan fingerprint density at radius 2 is 2.00 bits per heavy atom. The van der Waals surface area contributed by atoms with E-state index in [4.69, 9.17) is 9.47 Å². The molecule has 5 saturated carbocycles. The zero-order chi connectivity index (χ0) is 16.5. The van der Waals surface area contributed by atoms with Crippen LogP contribution < -0.4 is 0 Å². The van der Waals surface area contributed by atoms with Crippen LogP contribution in [0.2, 0.25) is 0 Å². The summed E-state index contributed by atoms with van der Waals surface area (Å²) in [6.07, 6.45) is 6.47. The minimum Gasteiger partial charge on any atom is -0.435 e. The van der Waals surface area contributed by atoms with Crippen molar-refractivity contribution < 1.29 is 19.4 Å². The van der Waals surface area contributed by atoms with Crippen LogP contribution in [0.3, 0.4) is 0 Å². The number of rotatable bonds is 0. The average Bonchev–Trinajstić information content (AvgIpc) is 2.58. The van der Waals surface area contributed by atoms with E-state index in [0.29, 0.717) is 17.8 Å². The highest BCUT2D eigenvalue weighted by Gasteiger charge is 2.80. The predicted octanol–water partition coefficient (Wildman–Crippen LogP) is 2.80. The molecule has 0 aromatic rings. The Bertz CT molecular complexity index is 673. The lowest BCUT2D eigenvalue weighted by atomic mass is 9.33. The normalized spacial score (nSPS) is 63.1. The number of aliphatic hydroxyl groups is 1. The Hall–Kier alpha value is -0.870. The van der Waals surface area contributed by atoms with Gasteiger partial charge in [0.2, 0.25) is 6.29 Å². The lowest BCUT2D eigenvalue weighted by Crippen LogP contribution is -2.80. The van der Waals surface area contributed by atoms with Crippen molar-refractivity contribution in [2.75, 3.05) is 0 Å². The van der Waals surface area contributed by atoms with Gasteiger partial charge < -0.3 is 14.6 Å². The zero-order valence-corrected chi connectivity index (χ0v) is 14.3. The van der Waals surface area contributed by atoms with Crippen LogP contribution in [-0.4, -0.2) is 29.6 Å². The van der Waals surface area contributed by atoms with Gasteiger partial charge in [-0.25, -0.2) is 0 Å². The number of esters is 1. The third-order valence-corrected chi connectivity index (χ3v) is 9.31. The monoisotopic (exact) mass is 330 g/mol. The highest BCUT2D eigenvalue weighted by atomic mass is 16.7. The molecule has 4 heteroatoms. The summed E-state index contributed by atoms with van der Waals surface area (Å²) in [5.74, 6) is 1.16. The second-order valence-corrected chi connectivity index (χ2v) is 9.65. The van der Waals surface area contributed by atoms with Crippen molar-refractivity contribution in [2.45, 2.75) is 70.4 Å². The minimum absolute atomic E-state index is 0.0119. The summed E-state index contributed by atoms with van der Waals surface area (Å²) < 4.78 is 12.3. The maximum absolute atomic E-state index is 12.7. The van der Waals surface area contributed by atoms with E-state index in [9.17, 15) is 9.90 Å². The number of ether oxygens (including phenoxy) is 2. The van der Waals surface area contributed by atoms with Gasteiger partial charge in [0.05, 0.1) is 17.6 Å². The molecule has 0 radical (unpaired) electrons. The molecule has 3 heterocycles.